The molecule has 3 nitrogen and oxygen atoms in total. The van der Waals surface area contributed by atoms with E-state index in [1.165, 1.54) is 6.08 Å². The summed E-state index contributed by atoms with van der Waals surface area (Å²) in [7, 11) is 0. The van der Waals surface area contributed by atoms with Gasteiger partial charge in [-0.3, -0.25) is 0 Å². The molecule has 0 aromatic rings. The summed E-state index contributed by atoms with van der Waals surface area (Å²) in [5.41, 5.74) is 0. The summed E-state index contributed by atoms with van der Waals surface area (Å²) in [6.45, 7) is 15.7. The third-order valence-electron chi connectivity index (χ3n) is 3.46. The van der Waals surface area contributed by atoms with Crippen LogP contribution in [0.3, 0.4) is 0 Å². The van der Waals surface area contributed by atoms with E-state index in [9.17, 15) is 4.79 Å². The van der Waals surface area contributed by atoms with Gasteiger partial charge in [-0.2, -0.15) is 0 Å². The van der Waals surface area contributed by atoms with Gasteiger partial charge < -0.3 is 26.2 Å². The second-order valence-electron chi connectivity index (χ2n) is 3.85. The van der Waals surface area contributed by atoms with Crippen molar-refractivity contribution in [3.8, 4) is 0 Å². The molecular weight excluding hydrogens is 270 g/mol. The molecule has 0 amide bonds. The summed E-state index contributed by atoms with van der Waals surface area (Å²) in [5, 5.41) is 0. The molecule has 4 heteroatoms. The molecule has 16 heavy (non-hydrogen) atoms. The second kappa shape index (κ2) is 8.76. The number of ether oxygens (including phenoxy) is 1. The highest BCUT2D eigenvalue weighted by molar-refractivity contribution is 5.81. The maximum absolute atomic E-state index is 11.0. The normalized spacial score (nSPS) is 12.5. The summed E-state index contributed by atoms with van der Waals surface area (Å²) in [5.74, 6) is -0.330. The number of hydrogen-bond donors (Lipinski definition) is 0. The molecule has 0 saturated carbocycles. The molecule has 0 saturated heterocycles. The Balaban J connectivity index is 0. The first-order valence-electron chi connectivity index (χ1n) is 5.71. The number of quaternary nitrogens is 1. The van der Waals surface area contributed by atoms with Crippen molar-refractivity contribution < 1.29 is 31.0 Å². The minimum atomic E-state index is -0.330. The predicted octanol–water partition coefficient (Wildman–Crippen LogP) is -1.02. The molecular formula is C12H24BrNO2. The first-order valence-corrected chi connectivity index (χ1v) is 5.71. The molecule has 0 radical (unpaired) electrons. The lowest BCUT2D eigenvalue weighted by Gasteiger charge is -2.41. The zero-order valence-electron chi connectivity index (χ0n) is 10.8. The van der Waals surface area contributed by atoms with E-state index in [1.54, 1.807) is 0 Å². The van der Waals surface area contributed by atoms with Gasteiger partial charge in [0.25, 0.3) is 0 Å². The van der Waals surface area contributed by atoms with Gasteiger partial charge in [-0.05, 0) is 27.7 Å². The fraction of sp³-hybridized carbons (Fsp3) is 0.750. The number of hydrogen-bond acceptors (Lipinski definition) is 2. The van der Waals surface area contributed by atoms with Crippen LogP contribution in [-0.4, -0.2) is 42.7 Å². The third-order valence-corrected chi connectivity index (χ3v) is 3.46. The largest absolute Gasteiger partial charge is 1.00 e. The van der Waals surface area contributed by atoms with Gasteiger partial charge in [0.15, 0.2) is 0 Å². The van der Waals surface area contributed by atoms with Gasteiger partial charge in [-0.25, -0.2) is 4.79 Å². The van der Waals surface area contributed by atoms with Crippen LogP contribution in [0.1, 0.15) is 27.7 Å². The molecule has 96 valence electrons. The van der Waals surface area contributed by atoms with Crippen molar-refractivity contribution in [2.45, 2.75) is 33.7 Å². The molecule has 0 spiro atoms. The fourth-order valence-corrected chi connectivity index (χ4v) is 2.03. The fourth-order valence-electron chi connectivity index (χ4n) is 2.03. The van der Waals surface area contributed by atoms with Crippen molar-refractivity contribution in [1.29, 1.82) is 0 Å². The van der Waals surface area contributed by atoms with Gasteiger partial charge in [-0.15, -0.1) is 0 Å². The lowest BCUT2D eigenvalue weighted by Crippen LogP contribution is -3.00. The van der Waals surface area contributed by atoms with Crippen molar-refractivity contribution in [3.63, 3.8) is 0 Å². The summed E-state index contributed by atoms with van der Waals surface area (Å²) in [6.07, 6.45) is 1.21. The number of likely N-dealkylation sites (N-methyl/N-ethyl adjacent to an activating group) is 1. The number of carbonyl (C=O) groups excluding carboxylic acids is 1. The van der Waals surface area contributed by atoms with Crippen LogP contribution in [-0.2, 0) is 9.53 Å². The first-order chi connectivity index (χ1) is 7.06. The number of rotatable bonds is 7. The van der Waals surface area contributed by atoms with Crippen LogP contribution in [0, 0.1) is 0 Å². The lowest BCUT2D eigenvalue weighted by molar-refractivity contribution is -0.945. The Bertz CT molecular complexity index is 207. The molecule has 0 aliphatic rings. The predicted molar refractivity (Wildman–Crippen MR) is 62.5 cm³/mol. The van der Waals surface area contributed by atoms with Gasteiger partial charge >= 0.3 is 5.97 Å². The van der Waals surface area contributed by atoms with Crippen molar-refractivity contribution in [1.82, 2.24) is 0 Å². The Morgan fingerprint density at radius 1 is 1.31 bits per heavy atom. The summed E-state index contributed by atoms with van der Waals surface area (Å²) in [6, 6.07) is 0.342. The van der Waals surface area contributed by atoms with Gasteiger partial charge in [0, 0.05) is 6.08 Å². The van der Waals surface area contributed by atoms with Gasteiger partial charge in [0.05, 0.1) is 19.6 Å². The molecule has 0 bridgehead atoms. The molecule has 0 heterocycles. The molecule has 1 unspecified atom stereocenters. The average Bonchev–Trinajstić information content (AvgIpc) is 2.28. The van der Waals surface area contributed by atoms with Crippen LogP contribution >= 0.6 is 0 Å². The van der Waals surface area contributed by atoms with E-state index in [4.69, 9.17) is 4.74 Å². The SMILES string of the molecule is C=CC(=O)OCC(C)[N+](CC)(CC)CC.[Br-]. The van der Waals surface area contributed by atoms with E-state index in [0.717, 1.165) is 24.1 Å². The van der Waals surface area contributed by atoms with Crippen LogP contribution in [0.15, 0.2) is 12.7 Å². The van der Waals surface area contributed by atoms with E-state index in [-0.39, 0.29) is 23.0 Å². The van der Waals surface area contributed by atoms with Crippen molar-refractivity contribution >= 4 is 5.97 Å². The van der Waals surface area contributed by atoms with Crippen LogP contribution in [0.2, 0.25) is 0 Å². The Morgan fingerprint density at radius 2 is 1.75 bits per heavy atom. The topological polar surface area (TPSA) is 26.3 Å². The highest BCUT2D eigenvalue weighted by Crippen LogP contribution is 2.13. The number of carbonyl (C=O) groups is 1. The molecule has 0 rings (SSSR count). The van der Waals surface area contributed by atoms with E-state index in [1.807, 2.05) is 0 Å². The van der Waals surface area contributed by atoms with E-state index in [0.29, 0.717) is 12.6 Å². The Morgan fingerprint density at radius 3 is 2.06 bits per heavy atom. The van der Waals surface area contributed by atoms with Crippen LogP contribution < -0.4 is 17.0 Å². The maximum atomic E-state index is 11.0. The third kappa shape index (κ3) is 4.66. The highest BCUT2D eigenvalue weighted by Gasteiger charge is 2.29. The Labute approximate surface area is 110 Å². The molecule has 0 fully saturated rings. The zero-order chi connectivity index (χ0) is 11.9. The van der Waals surface area contributed by atoms with Crippen LogP contribution in [0.25, 0.3) is 0 Å². The minimum Gasteiger partial charge on any atom is -1.00 e. The smallest absolute Gasteiger partial charge is 0.330 e. The average molecular weight is 294 g/mol. The zero-order valence-corrected chi connectivity index (χ0v) is 12.4. The Kier molecular flexibility index (Phi) is 9.87. The van der Waals surface area contributed by atoms with Crippen molar-refractivity contribution in [2.24, 2.45) is 0 Å². The van der Waals surface area contributed by atoms with E-state index in [2.05, 4.69) is 34.3 Å². The monoisotopic (exact) mass is 293 g/mol. The molecule has 0 aromatic heterocycles. The van der Waals surface area contributed by atoms with Gasteiger partial charge in [0.2, 0.25) is 0 Å². The lowest BCUT2D eigenvalue weighted by atomic mass is 10.2. The first kappa shape index (κ1) is 18.0. The van der Waals surface area contributed by atoms with Crippen LogP contribution in [0.5, 0.6) is 0 Å². The summed E-state index contributed by atoms with van der Waals surface area (Å²) < 4.78 is 6.08. The summed E-state index contributed by atoms with van der Waals surface area (Å²) in [4.78, 5) is 11.0. The second-order valence-corrected chi connectivity index (χ2v) is 3.85. The molecule has 0 aliphatic carbocycles. The maximum Gasteiger partial charge on any atom is 0.330 e. The molecule has 0 aromatic carbocycles. The van der Waals surface area contributed by atoms with E-state index >= 15 is 0 Å². The minimum absolute atomic E-state index is 0. The van der Waals surface area contributed by atoms with Gasteiger partial charge in [0.1, 0.15) is 12.6 Å². The molecule has 1 atom stereocenters. The van der Waals surface area contributed by atoms with E-state index < -0.39 is 0 Å². The summed E-state index contributed by atoms with van der Waals surface area (Å²) >= 11 is 0. The standard InChI is InChI=1S/C12H24NO2.BrH/c1-6-12(14)15-10-11(5)13(7-2,8-3)9-4;/h6,11H,1,7-10H2,2-5H3;1H/q+1;/p-1. The van der Waals surface area contributed by atoms with Crippen molar-refractivity contribution in [3.05, 3.63) is 12.7 Å². The van der Waals surface area contributed by atoms with Gasteiger partial charge in [-0.1, -0.05) is 6.58 Å². The van der Waals surface area contributed by atoms with Crippen molar-refractivity contribution in [2.75, 3.05) is 26.2 Å². The number of halogens is 1. The Hall–Kier alpha value is -0.350. The number of nitrogens with zero attached hydrogens (tertiary/aromatic N) is 1. The van der Waals surface area contributed by atoms with Crippen LogP contribution in [0.4, 0.5) is 0 Å². The molecule has 0 N–H and O–H groups in total. The number of esters is 1. The quantitative estimate of drug-likeness (QED) is 0.341. The molecule has 0 aliphatic heterocycles. The highest BCUT2D eigenvalue weighted by atomic mass is 79.9.